The first kappa shape index (κ1) is 20.2. The topological polar surface area (TPSA) is 111 Å². The molecule has 0 aliphatic carbocycles. The van der Waals surface area contributed by atoms with Gasteiger partial charge in [-0.1, -0.05) is 12.1 Å². The second-order valence-electron chi connectivity index (χ2n) is 6.84. The van der Waals surface area contributed by atoms with Gasteiger partial charge in [-0.15, -0.1) is 11.3 Å². The van der Waals surface area contributed by atoms with E-state index in [1.165, 1.54) is 34.5 Å². The van der Waals surface area contributed by atoms with Gasteiger partial charge in [-0.05, 0) is 31.5 Å². The minimum atomic E-state index is -4.07. The highest BCUT2D eigenvalue weighted by molar-refractivity contribution is 7.90. The summed E-state index contributed by atoms with van der Waals surface area (Å²) in [4.78, 5) is 35.0. The molecule has 0 saturated heterocycles. The standard InChI is InChI=1S/C20H18N4O4S2/c1-12-13(2)29-19-18(12)20(26)24(11-22-19)9-7-17(25)23-30(27,28)16-5-3-4-14-10-21-8-6-15(14)16/h3-6,8,10-11H,7,9H2,1-2H3,(H,23,25). The van der Waals surface area contributed by atoms with Crippen molar-refractivity contribution in [3.8, 4) is 0 Å². The van der Waals surface area contributed by atoms with Gasteiger partial charge >= 0.3 is 0 Å². The summed E-state index contributed by atoms with van der Waals surface area (Å²) in [6, 6.07) is 6.35. The third-order valence-corrected chi connectivity index (χ3v) is 7.46. The lowest BCUT2D eigenvalue weighted by Gasteiger charge is -2.10. The molecule has 0 fully saturated rings. The fraction of sp³-hybridized carbons (Fsp3) is 0.200. The summed E-state index contributed by atoms with van der Waals surface area (Å²) in [6.07, 6.45) is 4.26. The van der Waals surface area contributed by atoms with E-state index in [4.69, 9.17) is 0 Å². The van der Waals surface area contributed by atoms with Crippen LogP contribution < -0.4 is 10.3 Å². The number of aryl methyl sites for hydroxylation is 3. The van der Waals surface area contributed by atoms with E-state index in [1.807, 2.05) is 13.8 Å². The van der Waals surface area contributed by atoms with Gasteiger partial charge in [-0.3, -0.25) is 19.1 Å². The zero-order chi connectivity index (χ0) is 21.5. The average Bonchev–Trinajstić information content (AvgIpc) is 3.01. The van der Waals surface area contributed by atoms with Crippen LogP contribution in [0.25, 0.3) is 21.0 Å². The third kappa shape index (κ3) is 3.59. The molecule has 0 aliphatic heterocycles. The molecule has 0 spiro atoms. The lowest BCUT2D eigenvalue weighted by molar-refractivity contribution is -0.119. The van der Waals surface area contributed by atoms with Crippen molar-refractivity contribution in [2.24, 2.45) is 0 Å². The molecule has 10 heteroatoms. The number of amides is 1. The van der Waals surface area contributed by atoms with Gasteiger partial charge in [-0.25, -0.2) is 18.1 Å². The molecule has 0 aliphatic rings. The zero-order valence-electron chi connectivity index (χ0n) is 16.2. The number of benzene rings is 1. The number of carbonyl (C=O) groups is 1. The van der Waals surface area contributed by atoms with Gasteiger partial charge in [0.05, 0.1) is 16.6 Å². The smallest absolute Gasteiger partial charge is 0.264 e. The van der Waals surface area contributed by atoms with E-state index >= 15 is 0 Å². The molecule has 4 rings (SSSR count). The molecule has 30 heavy (non-hydrogen) atoms. The highest BCUT2D eigenvalue weighted by Crippen LogP contribution is 2.25. The van der Waals surface area contributed by atoms with Crippen LogP contribution >= 0.6 is 11.3 Å². The van der Waals surface area contributed by atoms with E-state index in [0.29, 0.717) is 21.0 Å². The average molecular weight is 443 g/mol. The molecule has 0 radical (unpaired) electrons. The molecule has 1 aromatic carbocycles. The number of nitrogens with zero attached hydrogens (tertiary/aromatic N) is 3. The second-order valence-corrected chi connectivity index (χ2v) is 9.69. The summed E-state index contributed by atoms with van der Waals surface area (Å²) in [6.45, 7) is 3.81. The first-order valence-electron chi connectivity index (χ1n) is 9.11. The molecule has 1 N–H and O–H groups in total. The van der Waals surface area contributed by atoms with Gasteiger partial charge < -0.3 is 0 Å². The monoisotopic (exact) mass is 442 g/mol. The molecule has 1 amide bonds. The number of hydrogen-bond donors (Lipinski definition) is 1. The lowest BCUT2D eigenvalue weighted by atomic mass is 10.2. The summed E-state index contributed by atoms with van der Waals surface area (Å²) >= 11 is 1.44. The largest absolute Gasteiger partial charge is 0.298 e. The van der Waals surface area contributed by atoms with Crippen LogP contribution in [0.15, 0.2) is 52.7 Å². The van der Waals surface area contributed by atoms with Gasteiger partial charge in [0.25, 0.3) is 15.6 Å². The van der Waals surface area contributed by atoms with E-state index in [1.54, 1.807) is 24.4 Å². The van der Waals surface area contributed by atoms with Crippen molar-refractivity contribution < 1.29 is 13.2 Å². The summed E-state index contributed by atoms with van der Waals surface area (Å²) in [5, 5.41) is 1.67. The summed E-state index contributed by atoms with van der Waals surface area (Å²) in [7, 11) is -4.07. The van der Waals surface area contributed by atoms with E-state index in [9.17, 15) is 18.0 Å². The number of thiophene rings is 1. The maximum atomic E-state index is 12.7. The first-order valence-corrected chi connectivity index (χ1v) is 11.4. The highest BCUT2D eigenvalue weighted by atomic mass is 32.2. The van der Waals surface area contributed by atoms with Crippen LogP contribution in [-0.2, 0) is 21.4 Å². The summed E-state index contributed by atoms with van der Waals surface area (Å²) in [5.74, 6) is -0.703. The molecule has 154 valence electrons. The van der Waals surface area contributed by atoms with Crippen LogP contribution in [0, 0.1) is 13.8 Å². The summed E-state index contributed by atoms with van der Waals surface area (Å²) < 4.78 is 28.9. The zero-order valence-corrected chi connectivity index (χ0v) is 17.9. The lowest BCUT2D eigenvalue weighted by Crippen LogP contribution is -2.32. The minimum Gasteiger partial charge on any atom is -0.298 e. The Morgan fingerprint density at radius 1 is 1.23 bits per heavy atom. The Kier molecular flexibility index (Phi) is 5.12. The van der Waals surface area contributed by atoms with E-state index in [0.717, 1.165) is 10.4 Å². The van der Waals surface area contributed by atoms with Crippen molar-refractivity contribution in [2.45, 2.75) is 31.7 Å². The van der Waals surface area contributed by atoms with Gasteiger partial charge in [0.1, 0.15) is 4.83 Å². The number of carbonyl (C=O) groups excluding carboxylic acids is 1. The highest BCUT2D eigenvalue weighted by Gasteiger charge is 2.20. The number of sulfonamides is 1. The molecular weight excluding hydrogens is 424 g/mol. The Labute approximate surface area is 176 Å². The Hall–Kier alpha value is -3.11. The van der Waals surface area contributed by atoms with Gasteiger partial charge in [0.2, 0.25) is 5.91 Å². The predicted octanol–water partition coefficient (Wildman–Crippen LogP) is 2.52. The molecule has 0 unspecified atom stereocenters. The van der Waals surface area contributed by atoms with E-state index < -0.39 is 15.9 Å². The number of aromatic nitrogens is 3. The van der Waals surface area contributed by atoms with Crippen molar-refractivity contribution in [3.63, 3.8) is 0 Å². The van der Waals surface area contributed by atoms with Crippen LogP contribution in [-0.4, -0.2) is 28.9 Å². The summed E-state index contributed by atoms with van der Waals surface area (Å²) in [5.41, 5.74) is 0.637. The second kappa shape index (κ2) is 7.62. The normalized spacial score (nSPS) is 11.8. The molecule has 0 saturated carbocycles. The van der Waals surface area contributed by atoms with Crippen LogP contribution in [0.4, 0.5) is 0 Å². The molecule has 0 atom stereocenters. The SMILES string of the molecule is Cc1sc2ncn(CCC(=O)NS(=O)(=O)c3cccc4cnccc34)c(=O)c2c1C. The van der Waals surface area contributed by atoms with Crippen LogP contribution in [0.3, 0.4) is 0 Å². The number of rotatable bonds is 5. The maximum Gasteiger partial charge on any atom is 0.264 e. The van der Waals surface area contributed by atoms with Crippen molar-refractivity contribution in [1.29, 1.82) is 0 Å². The molecular formula is C20H18N4O4S2. The molecule has 3 heterocycles. The number of fused-ring (bicyclic) bond motifs is 2. The number of nitrogens with one attached hydrogen (secondary N) is 1. The van der Waals surface area contributed by atoms with E-state index in [2.05, 4.69) is 14.7 Å². The Bertz CT molecular complexity index is 1450. The van der Waals surface area contributed by atoms with Crippen LogP contribution in [0.1, 0.15) is 16.9 Å². The fourth-order valence-electron chi connectivity index (χ4n) is 3.23. The Morgan fingerprint density at radius 2 is 2.03 bits per heavy atom. The van der Waals surface area contributed by atoms with Gasteiger partial charge in [0.15, 0.2) is 0 Å². The first-order chi connectivity index (χ1) is 14.3. The van der Waals surface area contributed by atoms with E-state index in [-0.39, 0.29) is 23.4 Å². The van der Waals surface area contributed by atoms with Crippen molar-refractivity contribution in [3.05, 3.63) is 63.8 Å². The Morgan fingerprint density at radius 3 is 2.83 bits per heavy atom. The van der Waals surface area contributed by atoms with Crippen LogP contribution in [0.2, 0.25) is 0 Å². The Balaban J connectivity index is 1.54. The van der Waals surface area contributed by atoms with Crippen molar-refractivity contribution >= 4 is 48.3 Å². The van der Waals surface area contributed by atoms with Crippen LogP contribution in [0.5, 0.6) is 0 Å². The minimum absolute atomic E-state index is 0.000348. The quantitative estimate of drug-likeness (QED) is 0.508. The molecule has 4 aromatic rings. The van der Waals surface area contributed by atoms with Crippen molar-refractivity contribution in [1.82, 2.24) is 19.3 Å². The number of pyridine rings is 1. The number of hydrogen-bond acceptors (Lipinski definition) is 7. The molecule has 8 nitrogen and oxygen atoms in total. The van der Waals surface area contributed by atoms with Gasteiger partial charge in [0, 0.05) is 41.0 Å². The molecule has 0 bridgehead atoms. The van der Waals surface area contributed by atoms with Crippen molar-refractivity contribution in [2.75, 3.05) is 0 Å². The maximum absolute atomic E-state index is 12.7. The van der Waals surface area contributed by atoms with Gasteiger partial charge in [-0.2, -0.15) is 0 Å². The fourth-order valence-corrected chi connectivity index (χ4v) is 5.47. The molecule has 3 aromatic heterocycles. The third-order valence-electron chi connectivity index (χ3n) is 4.91. The predicted molar refractivity (Wildman–Crippen MR) is 115 cm³/mol.